The Morgan fingerprint density at radius 3 is 2.75 bits per heavy atom. The molecular weight excluding hydrogens is 268 g/mol. The summed E-state index contributed by atoms with van der Waals surface area (Å²) in [6, 6.07) is 0. The van der Waals surface area contributed by atoms with Gasteiger partial charge in [-0.25, -0.2) is 13.6 Å². The normalized spacial score (nSPS) is 29.1. The van der Waals surface area contributed by atoms with Gasteiger partial charge in [-0.05, 0) is 44.9 Å². The fraction of sp³-hybridized carbons (Fsp3) is 0.714. The second-order valence-corrected chi connectivity index (χ2v) is 5.76. The van der Waals surface area contributed by atoms with Crippen LogP contribution in [0.25, 0.3) is 0 Å². The summed E-state index contributed by atoms with van der Waals surface area (Å²) < 4.78 is 38.5. The smallest absolute Gasteiger partial charge is 0.343 e. The lowest BCUT2D eigenvalue weighted by molar-refractivity contribution is -0.175. The summed E-state index contributed by atoms with van der Waals surface area (Å²) in [6.45, 7) is 1.58. The molecule has 6 heteroatoms. The van der Waals surface area contributed by atoms with Crippen LogP contribution in [-0.4, -0.2) is 23.2 Å². The highest BCUT2D eigenvalue weighted by Crippen LogP contribution is 2.51. The highest BCUT2D eigenvalue weighted by molar-refractivity contribution is 5.90. The second kappa shape index (κ2) is 4.82. The number of carbonyl (C=O) groups is 1. The van der Waals surface area contributed by atoms with Gasteiger partial charge in [-0.1, -0.05) is 5.16 Å². The van der Waals surface area contributed by atoms with Gasteiger partial charge in [-0.3, -0.25) is 0 Å². The Kier molecular flexibility index (Phi) is 3.26. The Balaban J connectivity index is 1.72. The highest BCUT2D eigenvalue weighted by Gasteiger charge is 2.56. The Morgan fingerprint density at radius 2 is 2.15 bits per heavy atom. The van der Waals surface area contributed by atoms with Gasteiger partial charge in [-0.15, -0.1) is 0 Å². The van der Waals surface area contributed by atoms with Gasteiger partial charge in [0.15, 0.2) is 6.10 Å². The lowest BCUT2D eigenvalue weighted by Crippen LogP contribution is -2.47. The maximum atomic E-state index is 14.4. The van der Waals surface area contributed by atoms with Crippen molar-refractivity contribution in [3.8, 4) is 0 Å². The van der Waals surface area contributed by atoms with Gasteiger partial charge >= 0.3 is 5.97 Å². The monoisotopic (exact) mass is 285 g/mol. The van der Waals surface area contributed by atoms with E-state index in [1.807, 2.05) is 0 Å². The molecule has 0 radical (unpaired) electrons. The number of rotatable bonds is 3. The zero-order valence-corrected chi connectivity index (χ0v) is 11.3. The Labute approximate surface area is 115 Å². The van der Waals surface area contributed by atoms with Crippen LogP contribution in [0.2, 0.25) is 0 Å². The number of alkyl halides is 2. The van der Waals surface area contributed by atoms with Gasteiger partial charge in [0.1, 0.15) is 11.8 Å². The number of hydrogen-bond acceptors (Lipinski definition) is 4. The van der Waals surface area contributed by atoms with Crippen LogP contribution >= 0.6 is 0 Å². The maximum absolute atomic E-state index is 14.4. The predicted octanol–water partition coefficient (Wildman–Crippen LogP) is 3.35. The molecule has 0 saturated heterocycles. The largest absolute Gasteiger partial charge is 0.452 e. The summed E-state index contributed by atoms with van der Waals surface area (Å²) in [6.07, 6.45) is 2.96. The average molecular weight is 285 g/mol. The third-order valence-electron chi connectivity index (χ3n) is 4.32. The number of hydrogen-bond donors (Lipinski definition) is 0. The zero-order chi connectivity index (χ0) is 14.3. The van der Waals surface area contributed by atoms with Crippen LogP contribution in [0.1, 0.15) is 48.2 Å². The van der Waals surface area contributed by atoms with Gasteiger partial charge in [0.05, 0.1) is 5.69 Å². The molecule has 3 rings (SSSR count). The molecule has 2 atom stereocenters. The summed E-state index contributed by atoms with van der Waals surface area (Å²) in [5.41, 5.74) is 0.474. The molecule has 2 aliphatic rings. The molecule has 2 saturated carbocycles. The van der Waals surface area contributed by atoms with Gasteiger partial charge in [0.2, 0.25) is 0 Å². The Bertz CT molecular complexity index is 510. The standard InChI is InChI=1S/C14H17F2NO3/c1-8-10(7-19-17-8)13(18)20-12-4-2-3-11(9-5-6-9)14(12,15)16/h7,9,11-12H,2-6H2,1H3. The third kappa shape index (κ3) is 2.31. The highest BCUT2D eigenvalue weighted by atomic mass is 19.3. The fourth-order valence-electron chi connectivity index (χ4n) is 3.01. The summed E-state index contributed by atoms with van der Waals surface area (Å²) in [7, 11) is 0. The fourth-order valence-corrected chi connectivity index (χ4v) is 3.01. The molecule has 2 unspecified atom stereocenters. The lowest BCUT2D eigenvalue weighted by Gasteiger charge is -2.37. The van der Waals surface area contributed by atoms with E-state index < -0.39 is 23.9 Å². The van der Waals surface area contributed by atoms with Gasteiger partial charge in [0, 0.05) is 5.92 Å². The molecular formula is C14H17F2NO3. The molecule has 1 aromatic rings. The van der Waals surface area contributed by atoms with E-state index in [4.69, 9.17) is 4.74 Å². The number of halogens is 2. The van der Waals surface area contributed by atoms with Crippen molar-refractivity contribution in [2.75, 3.05) is 0 Å². The van der Waals surface area contributed by atoms with Crippen LogP contribution in [0, 0.1) is 18.8 Å². The molecule has 0 amide bonds. The molecule has 2 aliphatic carbocycles. The molecule has 1 heterocycles. The molecule has 1 aromatic heterocycles. The van der Waals surface area contributed by atoms with Crippen LogP contribution in [0.5, 0.6) is 0 Å². The number of esters is 1. The number of aromatic nitrogens is 1. The van der Waals surface area contributed by atoms with E-state index in [9.17, 15) is 13.6 Å². The van der Waals surface area contributed by atoms with E-state index in [1.54, 1.807) is 6.92 Å². The minimum Gasteiger partial charge on any atom is -0.452 e. The van der Waals surface area contributed by atoms with Gasteiger partial charge in [-0.2, -0.15) is 0 Å². The van der Waals surface area contributed by atoms with Crippen LogP contribution in [0.15, 0.2) is 10.8 Å². The summed E-state index contributed by atoms with van der Waals surface area (Å²) >= 11 is 0. The van der Waals surface area contributed by atoms with Crippen molar-refractivity contribution >= 4 is 5.97 Å². The van der Waals surface area contributed by atoms with Crippen LogP contribution in [0.3, 0.4) is 0 Å². The van der Waals surface area contributed by atoms with E-state index in [1.165, 1.54) is 0 Å². The molecule has 0 spiro atoms. The van der Waals surface area contributed by atoms with E-state index >= 15 is 0 Å². The van der Waals surface area contributed by atoms with E-state index in [0.29, 0.717) is 18.5 Å². The molecule has 0 N–H and O–H groups in total. The van der Waals surface area contributed by atoms with Crippen molar-refractivity contribution in [3.05, 3.63) is 17.5 Å². The average Bonchev–Trinajstić information content (AvgIpc) is 3.13. The molecule has 110 valence electrons. The molecule has 4 nitrogen and oxygen atoms in total. The molecule has 0 aromatic carbocycles. The minimum absolute atomic E-state index is 0.101. The molecule has 0 bridgehead atoms. The van der Waals surface area contributed by atoms with Crippen molar-refractivity contribution < 1.29 is 22.8 Å². The van der Waals surface area contributed by atoms with E-state index in [0.717, 1.165) is 19.1 Å². The summed E-state index contributed by atoms with van der Waals surface area (Å²) in [4.78, 5) is 11.9. The number of aryl methyl sites for hydroxylation is 1. The Morgan fingerprint density at radius 1 is 1.40 bits per heavy atom. The number of carbonyl (C=O) groups excluding carboxylic acids is 1. The minimum atomic E-state index is -2.93. The first-order valence-corrected chi connectivity index (χ1v) is 7.00. The Hall–Kier alpha value is -1.46. The summed E-state index contributed by atoms with van der Waals surface area (Å²) in [5.74, 6) is -4.24. The van der Waals surface area contributed by atoms with E-state index in [2.05, 4.69) is 9.68 Å². The van der Waals surface area contributed by atoms with Crippen molar-refractivity contribution in [1.82, 2.24) is 5.16 Å². The van der Waals surface area contributed by atoms with Crippen LogP contribution in [-0.2, 0) is 4.74 Å². The topological polar surface area (TPSA) is 52.3 Å². The molecule has 20 heavy (non-hydrogen) atoms. The lowest BCUT2D eigenvalue weighted by atomic mass is 9.80. The van der Waals surface area contributed by atoms with Crippen LogP contribution < -0.4 is 0 Å². The number of ether oxygens (including phenoxy) is 1. The first-order valence-electron chi connectivity index (χ1n) is 7.00. The first-order chi connectivity index (χ1) is 9.50. The maximum Gasteiger partial charge on any atom is 0.343 e. The quantitative estimate of drug-likeness (QED) is 0.799. The molecule has 0 aliphatic heterocycles. The van der Waals surface area contributed by atoms with Crippen molar-refractivity contribution in [2.45, 2.75) is 51.1 Å². The predicted molar refractivity (Wildman–Crippen MR) is 65.5 cm³/mol. The summed E-state index contributed by atoms with van der Waals surface area (Å²) in [5, 5.41) is 3.56. The van der Waals surface area contributed by atoms with Crippen molar-refractivity contribution in [1.29, 1.82) is 0 Å². The first kappa shape index (κ1) is 13.5. The second-order valence-electron chi connectivity index (χ2n) is 5.76. The molecule has 2 fully saturated rings. The zero-order valence-electron chi connectivity index (χ0n) is 11.3. The van der Waals surface area contributed by atoms with Gasteiger partial charge in [0.25, 0.3) is 5.92 Å². The van der Waals surface area contributed by atoms with Gasteiger partial charge < -0.3 is 9.26 Å². The van der Waals surface area contributed by atoms with Crippen molar-refractivity contribution in [2.24, 2.45) is 11.8 Å². The van der Waals surface area contributed by atoms with Crippen molar-refractivity contribution in [3.63, 3.8) is 0 Å². The van der Waals surface area contributed by atoms with Crippen LogP contribution in [0.4, 0.5) is 8.78 Å². The van der Waals surface area contributed by atoms with E-state index in [-0.39, 0.29) is 17.9 Å². The number of nitrogens with zero attached hydrogens (tertiary/aromatic N) is 1. The third-order valence-corrected chi connectivity index (χ3v) is 4.32. The SMILES string of the molecule is Cc1nocc1C(=O)OC1CCCC(C2CC2)C1(F)F.